The van der Waals surface area contributed by atoms with Gasteiger partial charge in [-0.25, -0.2) is 4.39 Å². The summed E-state index contributed by atoms with van der Waals surface area (Å²) in [5.74, 6) is -0.409. The van der Waals surface area contributed by atoms with E-state index in [-0.39, 0.29) is 16.0 Å². The lowest BCUT2D eigenvalue weighted by Crippen LogP contribution is -2.15. The third-order valence-corrected chi connectivity index (χ3v) is 5.71. The molecular formula is C20H21Cl2FN2OS. The van der Waals surface area contributed by atoms with Crippen molar-refractivity contribution < 1.29 is 9.18 Å². The fourth-order valence-corrected chi connectivity index (χ4v) is 3.44. The third kappa shape index (κ3) is 4.89. The van der Waals surface area contributed by atoms with Gasteiger partial charge in [-0.3, -0.25) is 4.79 Å². The molecule has 0 unspecified atom stereocenters. The number of carbonyl (C=O) groups excluding carboxylic acids is 1. The number of hydrogen-bond acceptors (Lipinski definition) is 3. The monoisotopic (exact) mass is 426 g/mol. The predicted octanol–water partition coefficient (Wildman–Crippen LogP) is 6.17. The molecular weight excluding hydrogens is 406 g/mol. The molecule has 0 atom stereocenters. The van der Waals surface area contributed by atoms with Crippen molar-refractivity contribution in [3.05, 3.63) is 57.3 Å². The first-order chi connectivity index (χ1) is 12.8. The Labute approximate surface area is 174 Å². The van der Waals surface area contributed by atoms with E-state index in [1.807, 2.05) is 12.1 Å². The van der Waals surface area contributed by atoms with Crippen LogP contribution in [0.15, 0.2) is 30.3 Å². The Morgan fingerprint density at radius 3 is 2.59 bits per heavy atom. The summed E-state index contributed by atoms with van der Waals surface area (Å²) >= 11 is 16.4. The van der Waals surface area contributed by atoms with E-state index in [1.54, 1.807) is 12.1 Å². The Morgan fingerprint density at radius 1 is 1.19 bits per heavy atom. The van der Waals surface area contributed by atoms with Crippen molar-refractivity contribution in [2.45, 2.75) is 31.6 Å². The van der Waals surface area contributed by atoms with E-state index >= 15 is 0 Å². The predicted molar refractivity (Wildman–Crippen MR) is 114 cm³/mol. The average molecular weight is 427 g/mol. The lowest BCUT2D eigenvalue weighted by Gasteiger charge is -2.14. The van der Waals surface area contributed by atoms with Crippen LogP contribution in [0, 0.1) is 5.82 Å². The van der Waals surface area contributed by atoms with E-state index in [1.165, 1.54) is 6.07 Å². The molecule has 0 saturated heterocycles. The minimum absolute atomic E-state index is 0.0733. The summed E-state index contributed by atoms with van der Waals surface area (Å²) in [6.45, 7) is 2.79. The van der Waals surface area contributed by atoms with Gasteiger partial charge < -0.3 is 10.6 Å². The Morgan fingerprint density at radius 2 is 1.93 bits per heavy atom. The second-order valence-corrected chi connectivity index (χ2v) is 8.33. The quantitative estimate of drug-likeness (QED) is 0.366. The number of benzene rings is 2. The number of thiol groups is 1. The molecule has 1 fully saturated rings. The summed E-state index contributed by atoms with van der Waals surface area (Å²) in [5, 5.41) is 6.20. The molecule has 1 amide bonds. The second kappa shape index (κ2) is 8.29. The van der Waals surface area contributed by atoms with Crippen LogP contribution in [0.2, 0.25) is 10.0 Å². The van der Waals surface area contributed by atoms with Crippen LogP contribution in [0.1, 0.15) is 42.1 Å². The van der Waals surface area contributed by atoms with Crippen molar-refractivity contribution in [2.24, 2.45) is 0 Å². The summed E-state index contributed by atoms with van der Waals surface area (Å²) in [6, 6.07) is 8.34. The molecule has 2 N–H and O–H groups in total. The Hall–Kier alpha value is -1.43. The van der Waals surface area contributed by atoms with Gasteiger partial charge in [0.15, 0.2) is 0 Å². The molecule has 144 valence electrons. The molecule has 2 aromatic carbocycles. The molecule has 27 heavy (non-hydrogen) atoms. The van der Waals surface area contributed by atoms with Crippen molar-refractivity contribution >= 4 is 53.1 Å². The summed E-state index contributed by atoms with van der Waals surface area (Å²) in [5.41, 5.74) is 2.35. The molecule has 0 heterocycles. The van der Waals surface area contributed by atoms with Gasteiger partial charge in [0.2, 0.25) is 0 Å². The minimum atomic E-state index is -0.644. The zero-order valence-electron chi connectivity index (χ0n) is 14.9. The van der Waals surface area contributed by atoms with Gasteiger partial charge in [-0.2, -0.15) is 12.6 Å². The number of hydrogen-bond donors (Lipinski definition) is 3. The molecule has 2 aromatic rings. The molecule has 0 aromatic heterocycles. The maximum absolute atomic E-state index is 14.2. The van der Waals surface area contributed by atoms with Crippen LogP contribution in [0.3, 0.4) is 0 Å². The topological polar surface area (TPSA) is 41.1 Å². The number of nitrogens with one attached hydrogen (secondary N) is 2. The number of amides is 1. The molecule has 0 radical (unpaired) electrons. The zero-order valence-corrected chi connectivity index (χ0v) is 17.3. The van der Waals surface area contributed by atoms with Gasteiger partial charge >= 0.3 is 0 Å². The van der Waals surface area contributed by atoms with E-state index in [0.717, 1.165) is 24.8 Å². The first kappa shape index (κ1) is 20.3. The van der Waals surface area contributed by atoms with Crippen molar-refractivity contribution in [2.75, 3.05) is 22.9 Å². The molecule has 0 spiro atoms. The van der Waals surface area contributed by atoms with Gasteiger partial charge in [0.1, 0.15) is 5.82 Å². The van der Waals surface area contributed by atoms with Gasteiger partial charge in [0.25, 0.3) is 5.91 Å². The van der Waals surface area contributed by atoms with Crippen molar-refractivity contribution in [1.29, 1.82) is 0 Å². The van der Waals surface area contributed by atoms with Crippen LogP contribution in [-0.2, 0) is 5.41 Å². The first-order valence-electron chi connectivity index (χ1n) is 8.78. The highest BCUT2D eigenvalue weighted by Crippen LogP contribution is 2.48. The smallest absolute Gasteiger partial charge is 0.257 e. The third-order valence-electron chi connectivity index (χ3n) is 4.79. The van der Waals surface area contributed by atoms with Gasteiger partial charge in [0.05, 0.1) is 10.6 Å². The van der Waals surface area contributed by atoms with Gasteiger partial charge in [-0.1, -0.05) is 30.1 Å². The molecule has 1 aliphatic rings. The Balaban J connectivity index is 1.82. The normalized spacial score (nSPS) is 14.7. The SMILES string of the molecule is CC1(c2cc(Cl)cc(NC(=O)c3cc(NCCCS)cc(F)c3Cl)c2)CC1. The highest BCUT2D eigenvalue weighted by molar-refractivity contribution is 7.80. The number of anilines is 2. The first-order valence-corrected chi connectivity index (χ1v) is 10.2. The van der Waals surface area contributed by atoms with Crippen LogP contribution in [0.4, 0.5) is 15.8 Å². The number of halogens is 3. The summed E-state index contributed by atoms with van der Waals surface area (Å²) < 4.78 is 14.2. The van der Waals surface area contributed by atoms with Crippen LogP contribution < -0.4 is 10.6 Å². The Bertz CT molecular complexity index is 871. The minimum Gasteiger partial charge on any atom is -0.385 e. The van der Waals surface area contributed by atoms with Crippen LogP contribution in [0.25, 0.3) is 0 Å². The van der Waals surface area contributed by atoms with E-state index in [0.29, 0.717) is 28.7 Å². The summed E-state index contributed by atoms with van der Waals surface area (Å²) in [7, 11) is 0. The average Bonchev–Trinajstić information content (AvgIpc) is 3.36. The van der Waals surface area contributed by atoms with E-state index in [2.05, 4.69) is 30.2 Å². The largest absolute Gasteiger partial charge is 0.385 e. The molecule has 0 bridgehead atoms. The van der Waals surface area contributed by atoms with Crippen LogP contribution in [-0.4, -0.2) is 18.2 Å². The number of rotatable bonds is 7. The standard InChI is InChI=1S/C20H21Cl2FN2OS/c1-20(3-4-20)12-7-13(21)9-15(8-12)25-19(26)16-10-14(24-5-2-6-27)11-17(23)18(16)22/h7-11,24,27H,2-6H2,1H3,(H,25,26). The summed E-state index contributed by atoms with van der Waals surface area (Å²) in [4.78, 5) is 12.7. The van der Waals surface area contributed by atoms with Crippen LogP contribution in [0.5, 0.6) is 0 Å². The fraction of sp³-hybridized carbons (Fsp3) is 0.350. The van der Waals surface area contributed by atoms with E-state index in [9.17, 15) is 9.18 Å². The Kier molecular flexibility index (Phi) is 6.24. The zero-order chi connectivity index (χ0) is 19.6. The van der Waals surface area contributed by atoms with Crippen molar-refractivity contribution in [3.8, 4) is 0 Å². The van der Waals surface area contributed by atoms with Gasteiger partial charge in [-0.05, 0) is 66.3 Å². The fourth-order valence-electron chi connectivity index (χ4n) is 2.85. The molecule has 7 heteroatoms. The lowest BCUT2D eigenvalue weighted by atomic mass is 9.98. The van der Waals surface area contributed by atoms with Gasteiger partial charge in [-0.15, -0.1) is 0 Å². The van der Waals surface area contributed by atoms with E-state index < -0.39 is 11.7 Å². The molecule has 0 aliphatic heterocycles. The summed E-state index contributed by atoms with van der Waals surface area (Å²) in [6.07, 6.45) is 3.01. The lowest BCUT2D eigenvalue weighted by molar-refractivity contribution is 0.102. The van der Waals surface area contributed by atoms with Crippen molar-refractivity contribution in [3.63, 3.8) is 0 Å². The van der Waals surface area contributed by atoms with E-state index in [4.69, 9.17) is 23.2 Å². The molecule has 1 saturated carbocycles. The molecule has 1 aliphatic carbocycles. The second-order valence-electron chi connectivity index (χ2n) is 7.07. The maximum atomic E-state index is 14.2. The van der Waals surface area contributed by atoms with Gasteiger partial charge in [0, 0.05) is 22.9 Å². The molecule has 3 rings (SSSR count). The highest BCUT2D eigenvalue weighted by Gasteiger charge is 2.39. The maximum Gasteiger partial charge on any atom is 0.257 e. The van der Waals surface area contributed by atoms with Crippen LogP contribution >= 0.6 is 35.8 Å². The number of carbonyl (C=O) groups is 1. The highest BCUT2D eigenvalue weighted by atomic mass is 35.5. The molecule has 3 nitrogen and oxygen atoms in total. The van der Waals surface area contributed by atoms with Crippen molar-refractivity contribution in [1.82, 2.24) is 0 Å².